The molecule has 23 heavy (non-hydrogen) atoms. The Bertz CT molecular complexity index is 537. The lowest BCUT2D eigenvalue weighted by Crippen LogP contribution is -2.43. The number of anilines is 1. The van der Waals surface area contributed by atoms with Crippen molar-refractivity contribution in [1.82, 2.24) is 15.6 Å². The molecule has 2 aliphatic heterocycles. The summed E-state index contributed by atoms with van der Waals surface area (Å²) >= 11 is 0. The van der Waals surface area contributed by atoms with E-state index in [9.17, 15) is 4.79 Å². The highest BCUT2D eigenvalue weighted by Gasteiger charge is 2.28. The zero-order chi connectivity index (χ0) is 16.1. The molecule has 6 nitrogen and oxygen atoms in total. The third-order valence-corrected chi connectivity index (χ3v) is 4.83. The summed E-state index contributed by atoms with van der Waals surface area (Å²) < 4.78 is 5.39. The zero-order valence-corrected chi connectivity index (χ0v) is 13.8. The van der Waals surface area contributed by atoms with Crippen molar-refractivity contribution in [2.45, 2.75) is 19.8 Å². The topological polar surface area (TPSA) is 66.5 Å². The molecular formula is C17H26N4O2. The maximum Gasteiger partial charge on any atom is 0.255 e. The quantitative estimate of drug-likeness (QED) is 0.868. The van der Waals surface area contributed by atoms with E-state index in [1.165, 1.54) is 0 Å². The Morgan fingerprint density at radius 2 is 2.13 bits per heavy atom. The summed E-state index contributed by atoms with van der Waals surface area (Å²) in [6, 6.07) is 3.68. The molecule has 1 aromatic rings. The smallest absolute Gasteiger partial charge is 0.255 e. The van der Waals surface area contributed by atoms with E-state index in [0.29, 0.717) is 25.3 Å². The third-order valence-electron chi connectivity index (χ3n) is 4.83. The van der Waals surface area contributed by atoms with E-state index in [1.807, 2.05) is 12.1 Å². The molecule has 3 rings (SSSR count). The molecule has 6 heteroatoms. The van der Waals surface area contributed by atoms with E-state index in [4.69, 9.17) is 4.74 Å². The fourth-order valence-electron chi connectivity index (χ4n) is 3.20. The molecule has 2 saturated heterocycles. The summed E-state index contributed by atoms with van der Waals surface area (Å²) in [5.74, 6) is 0.739. The van der Waals surface area contributed by atoms with Crippen LogP contribution < -0.4 is 15.5 Å². The van der Waals surface area contributed by atoms with Crippen LogP contribution in [0.4, 0.5) is 5.82 Å². The van der Waals surface area contributed by atoms with Crippen molar-refractivity contribution in [3.05, 3.63) is 23.9 Å². The monoisotopic (exact) mass is 318 g/mol. The van der Waals surface area contributed by atoms with Crippen LogP contribution in [0.5, 0.6) is 0 Å². The molecule has 0 spiro atoms. The molecule has 2 aliphatic rings. The van der Waals surface area contributed by atoms with Crippen LogP contribution in [0.3, 0.4) is 0 Å². The van der Waals surface area contributed by atoms with Gasteiger partial charge in [0.15, 0.2) is 0 Å². The van der Waals surface area contributed by atoms with Gasteiger partial charge in [-0.3, -0.25) is 4.79 Å². The lowest BCUT2D eigenvalue weighted by Gasteiger charge is -2.34. The second kappa shape index (κ2) is 7.27. The number of hydrogen-bond donors (Lipinski definition) is 2. The Kier molecular flexibility index (Phi) is 5.13. The molecule has 0 radical (unpaired) electrons. The number of pyridine rings is 1. The number of ether oxygens (including phenoxy) is 1. The molecule has 0 unspecified atom stereocenters. The zero-order valence-electron chi connectivity index (χ0n) is 13.8. The second-order valence-electron chi connectivity index (χ2n) is 6.72. The minimum atomic E-state index is -0.0284. The molecule has 0 aromatic carbocycles. The summed E-state index contributed by atoms with van der Waals surface area (Å²) in [6.45, 7) is 7.94. The van der Waals surface area contributed by atoms with Crippen molar-refractivity contribution in [1.29, 1.82) is 0 Å². The van der Waals surface area contributed by atoms with Crippen molar-refractivity contribution < 1.29 is 9.53 Å². The summed E-state index contributed by atoms with van der Waals surface area (Å²) in [6.07, 6.45) is 3.93. The molecular weight excluding hydrogens is 292 g/mol. The van der Waals surface area contributed by atoms with E-state index >= 15 is 0 Å². The Morgan fingerprint density at radius 1 is 1.39 bits per heavy atom. The fraction of sp³-hybridized carbons (Fsp3) is 0.647. The van der Waals surface area contributed by atoms with E-state index in [-0.39, 0.29) is 11.3 Å². The molecule has 0 aliphatic carbocycles. The van der Waals surface area contributed by atoms with Gasteiger partial charge in [-0.2, -0.15) is 0 Å². The number of aromatic nitrogens is 1. The van der Waals surface area contributed by atoms with E-state index < -0.39 is 0 Å². The van der Waals surface area contributed by atoms with Gasteiger partial charge in [-0.1, -0.05) is 6.92 Å². The van der Waals surface area contributed by atoms with E-state index in [0.717, 1.165) is 44.8 Å². The number of hydrogen-bond acceptors (Lipinski definition) is 5. The van der Waals surface area contributed by atoms with Crippen LogP contribution in [-0.2, 0) is 4.74 Å². The van der Waals surface area contributed by atoms with Gasteiger partial charge in [-0.25, -0.2) is 4.98 Å². The number of nitrogens with zero attached hydrogens (tertiary/aromatic N) is 2. The van der Waals surface area contributed by atoms with E-state index in [1.54, 1.807) is 6.20 Å². The minimum Gasteiger partial charge on any atom is -0.378 e. The van der Waals surface area contributed by atoms with Gasteiger partial charge in [-0.15, -0.1) is 0 Å². The molecule has 0 bridgehead atoms. The van der Waals surface area contributed by atoms with Crippen molar-refractivity contribution in [3.63, 3.8) is 0 Å². The molecule has 0 saturated carbocycles. The second-order valence-corrected chi connectivity index (χ2v) is 6.72. The van der Waals surface area contributed by atoms with Crippen molar-refractivity contribution >= 4 is 11.7 Å². The van der Waals surface area contributed by atoms with Crippen LogP contribution in [0.1, 0.15) is 30.1 Å². The van der Waals surface area contributed by atoms with Gasteiger partial charge in [0.1, 0.15) is 5.82 Å². The highest BCUT2D eigenvalue weighted by molar-refractivity contribution is 5.98. The van der Waals surface area contributed by atoms with Gasteiger partial charge >= 0.3 is 0 Å². The number of rotatable bonds is 4. The lowest BCUT2D eigenvalue weighted by atomic mass is 9.81. The van der Waals surface area contributed by atoms with Crippen molar-refractivity contribution in [3.8, 4) is 0 Å². The Balaban J connectivity index is 1.67. The van der Waals surface area contributed by atoms with Gasteiger partial charge < -0.3 is 20.3 Å². The summed E-state index contributed by atoms with van der Waals surface area (Å²) in [5, 5.41) is 6.49. The number of amides is 1. The van der Waals surface area contributed by atoms with Crippen LogP contribution in [0.2, 0.25) is 0 Å². The number of carbonyl (C=O) groups is 1. The number of morpholine rings is 1. The Hall–Kier alpha value is -1.66. The molecule has 2 fully saturated rings. The first-order valence-corrected chi connectivity index (χ1v) is 8.45. The van der Waals surface area contributed by atoms with Gasteiger partial charge in [0, 0.05) is 25.8 Å². The molecule has 2 N–H and O–H groups in total. The standard InChI is InChI=1S/C17H26N4O2/c1-17(4-7-18-8-5-17)13-20-16(22)14-3-2-6-19-15(14)21-9-11-23-12-10-21/h2-3,6,18H,4-5,7-13H2,1H3,(H,20,22). The maximum atomic E-state index is 12.7. The predicted octanol–water partition coefficient (Wildman–Crippen LogP) is 1.04. The molecule has 126 valence electrons. The van der Waals surface area contributed by atoms with Crippen molar-refractivity contribution in [2.75, 3.05) is 50.8 Å². The van der Waals surface area contributed by atoms with Crippen LogP contribution in [0, 0.1) is 5.41 Å². The molecule has 0 atom stereocenters. The van der Waals surface area contributed by atoms with Crippen LogP contribution >= 0.6 is 0 Å². The van der Waals surface area contributed by atoms with Gasteiger partial charge in [0.2, 0.25) is 0 Å². The molecule has 3 heterocycles. The van der Waals surface area contributed by atoms with Gasteiger partial charge in [0.05, 0.1) is 18.8 Å². The first-order valence-electron chi connectivity index (χ1n) is 8.45. The van der Waals surface area contributed by atoms with Crippen molar-refractivity contribution in [2.24, 2.45) is 5.41 Å². The van der Waals surface area contributed by atoms with Crippen LogP contribution in [-0.4, -0.2) is 56.8 Å². The Morgan fingerprint density at radius 3 is 2.87 bits per heavy atom. The number of nitrogens with one attached hydrogen (secondary N) is 2. The number of carbonyl (C=O) groups excluding carboxylic acids is 1. The van der Waals surface area contributed by atoms with Gasteiger partial charge in [-0.05, 0) is 43.5 Å². The fourth-order valence-corrected chi connectivity index (χ4v) is 3.20. The average Bonchev–Trinajstić information content (AvgIpc) is 2.61. The third kappa shape index (κ3) is 4.00. The largest absolute Gasteiger partial charge is 0.378 e. The number of piperidine rings is 1. The lowest BCUT2D eigenvalue weighted by molar-refractivity contribution is 0.0920. The highest BCUT2D eigenvalue weighted by atomic mass is 16.5. The summed E-state index contributed by atoms with van der Waals surface area (Å²) in [5.41, 5.74) is 0.842. The minimum absolute atomic E-state index is 0.0284. The van der Waals surface area contributed by atoms with Crippen LogP contribution in [0.15, 0.2) is 18.3 Å². The summed E-state index contributed by atoms with van der Waals surface area (Å²) in [7, 11) is 0. The SMILES string of the molecule is CC1(CNC(=O)c2cccnc2N2CCOCC2)CCNCC1. The summed E-state index contributed by atoms with van der Waals surface area (Å²) in [4.78, 5) is 19.2. The first-order chi connectivity index (χ1) is 11.2. The van der Waals surface area contributed by atoms with Crippen LogP contribution in [0.25, 0.3) is 0 Å². The molecule has 1 amide bonds. The predicted molar refractivity (Wildman–Crippen MR) is 89.8 cm³/mol. The normalized spacial score (nSPS) is 21.0. The van der Waals surface area contributed by atoms with E-state index in [2.05, 4.69) is 27.4 Å². The average molecular weight is 318 g/mol. The molecule has 1 aromatic heterocycles. The Labute approximate surface area is 137 Å². The van der Waals surface area contributed by atoms with Gasteiger partial charge in [0.25, 0.3) is 5.91 Å². The highest BCUT2D eigenvalue weighted by Crippen LogP contribution is 2.27. The first kappa shape index (κ1) is 16.2. The maximum absolute atomic E-state index is 12.7.